The van der Waals surface area contributed by atoms with Crippen molar-refractivity contribution in [2.24, 2.45) is 0 Å². The van der Waals surface area contributed by atoms with Gasteiger partial charge in [-0.05, 0) is 35.7 Å². The predicted molar refractivity (Wildman–Crippen MR) is 93.0 cm³/mol. The van der Waals surface area contributed by atoms with Crippen LogP contribution >= 0.6 is 11.3 Å². The number of hydrogen-bond acceptors (Lipinski definition) is 2. The summed E-state index contributed by atoms with van der Waals surface area (Å²) in [6.45, 7) is 0. The Morgan fingerprint density at radius 3 is 2.24 bits per heavy atom. The SMILES string of the molecule is Nc1cccc2sc3cccc(Cc4ccccc4)c3c12. The fraction of sp³-hybridized carbons (Fsp3) is 0.0526. The van der Waals surface area contributed by atoms with E-state index in [1.54, 1.807) is 0 Å². The lowest BCUT2D eigenvalue weighted by Gasteiger charge is -2.06. The molecule has 0 saturated carbocycles. The van der Waals surface area contributed by atoms with Gasteiger partial charge in [0.15, 0.2) is 0 Å². The van der Waals surface area contributed by atoms with Gasteiger partial charge in [0, 0.05) is 25.9 Å². The van der Waals surface area contributed by atoms with E-state index >= 15 is 0 Å². The molecule has 0 unspecified atom stereocenters. The molecule has 2 N–H and O–H groups in total. The molecule has 0 aliphatic rings. The Hall–Kier alpha value is -2.32. The second kappa shape index (κ2) is 4.90. The van der Waals surface area contributed by atoms with Gasteiger partial charge in [-0.3, -0.25) is 0 Å². The van der Waals surface area contributed by atoms with Crippen molar-refractivity contribution in [1.29, 1.82) is 0 Å². The second-order valence-electron chi connectivity index (χ2n) is 5.28. The monoisotopic (exact) mass is 289 g/mol. The molecule has 4 aromatic rings. The molecular weight excluding hydrogens is 274 g/mol. The van der Waals surface area contributed by atoms with Crippen molar-refractivity contribution in [1.82, 2.24) is 0 Å². The van der Waals surface area contributed by atoms with Crippen LogP contribution in [0.4, 0.5) is 5.69 Å². The van der Waals surface area contributed by atoms with Crippen LogP contribution in [0, 0.1) is 0 Å². The smallest absolute Gasteiger partial charge is 0.0408 e. The largest absolute Gasteiger partial charge is 0.398 e. The highest BCUT2D eigenvalue weighted by atomic mass is 32.1. The molecule has 102 valence electrons. The average Bonchev–Trinajstić information content (AvgIpc) is 2.89. The maximum absolute atomic E-state index is 6.24. The predicted octanol–water partition coefficient (Wildman–Crippen LogP) is 5.23. The molecule has 0 aliphatic carbocycles. The molecule has 0 aliphatic heterocycles. The van der Waals surface area contributed by atoms with Crippen LogP contribution < -0.4 is 5.73 Å². The zero-order valence-corrected chi connectivity index (χ0v) is 12.4. The molecule has 0 fully saturated rings. The first-order valence-corrected chi connectivity index (χ1v) is 7.87. The zero-order valence-electron chi connectivity index (χ0n) is 11.5. The van der Waals surface area contributed by atoms with Crippen molar-refractivity contribution in [3.63, 3.8) is 0 Å². The Bertz CT molecular complexity index is 922. The lowest BCUT2D eigenvalue weighted by molar-refractivity contribution is 1.22. The fourth-order valence-corrected chi connectivity index (χ4v) is 4.11. The van der Waals surface area contributed by atoms with Crippen molar-refractivity contribution in [2.75, 3.05) is 5.73 Å². The number of benzene rings is 3. The summed E-state index contributed by atoms with van der Waals surface area (Å²) in [4.78, 5) is 0. The first kappa shape index (κ1) is 12.4. The van der Waals surface area contributed by atoms with Gasteiger partial charge >= 0.3 is 0 Å². The normalized spacial score (nSPS) is 11.2. The molecule has 1 nitrogen and oxygen atoms in total. The summed E-state index contributed by atoms with van der Waals surface area (Å²) in [5.41, 5.74) is 9.79. The Kier molecular flexibility index (Phi) is 2.90. The van der Waals surface area contributed by atoms with E-state index in [-0.39, 0.29) is 0 Å². The molecular formula is C19H15NS. The van der Waals surface area contributed by atoms with Gasteiger partial charge in [0.2, 0.25) is 0 Å². The van der Waals surface area contributed by atoms with Gasteiger partial charge in [-0.1, -0.05) is 48.5 Å². The van der Waals surface area contributed by atoms with Crippen LogP contribution in [0.5, 0.6) is 0 Å². The molecule has 0 bridgehead atoms. The van der Waals surface area contributed by atoms with Gasteiger partial charge in [0.25, 0.3) is 0 Å². The van der Waals surface area contributed by atoms with Crippen LogP contribution in [-0.4, -0.2) is 0 Å². The molecule has 4 rings (SSSR count). The van der Waals surface area contributed by atoms with E-state index in [0.717, 1.165) is 12.1 Å². The molecule has 21 heavy (non-hydrogen) atoms. The fourth-order valence-electron chi connectivity index (χ4n) is 2.93. The van der Waals surface area contributed by atoms with Crippen molar-refractivity contribution in [3.05, 3.63) is 77.9 Å². The van der Waals surface area contributed by atoms with Gasteiger partial charge in [-0.15, -0.1) is 11.3 Å². The molecule has 2 heteroatoms. The number of thiophene rings is 1. The number of nitrogens with two attached hydrogens (primary N) is 1. The van der Waals surface area contributed by atoms with Gasteiger partial charge in [0.1, 0.15) is 0 Å². The number of anilines is 1. The minimum absolute atomic E-state index is 0.874. The molecule has 1 aromatic heterocycles. The highest BCUT2D eigenvalue weighted by Gasteiger charge is 2.11. The summed E-state index contributed by atoms with van der Waals surface area (Å²) < 4.78 is 2.59. The Balaban J connectivity index is 1.99. The third-order valence-corrected chi connectivity index (χ3v) is 5.00. The molecule has 0 atom stereocenters. The number of nitrogen functional groups attached to an aromatic ring is 1. The molecule has 3 aromatic carbocycles. The lowest BCUT2D eigenvalue weighted by Crippen LogP contribution is -1.90. The molecule has 1 heterocycles. The second-order valence-corrected chi connectivity index (χ2v) is 6.36. The zero-order chi connectivity index (χ0) is 14.2. The topological polar surface area (TPSA) is 26.0 Å². The van der Waals surface area contributed by atoms with Crippen LogP contribution in [0.25, 0.3) is 20.2 Å². The maximum Gasteiger partial charge on any atom is 0.0408 e. The number of fused-ring (bicyclic) bond motifs is 3. The van der Waals surface area contributed by atoms with E-state index < -0.39 is 0 Å². The minimum Gasteiger partial charge on any atom is -0.398 e. The van der Waals surface area contributed by atoms with E-state index in [4.69, 9.17) is 5.73 Å². The number of rotatable bonds is 2. The Labute approximate surface area is 127 Å². The summed E-state index contributed by atoms with van der Waals surface area (Å²) in [5.74, 6) is 0. The van der Waals surface area contributed by atoms with Gasteiger partial charge in [-0.2, -0.15) is 0 Å². The van der Waals surface area contributed by atoms with E-state index in [0.29, 0.717) is 0 Å². The van der Waals surface area contributed by atoms with Gasteiger partial charge in [0.05, 0.1) is 0 Å². The quantitative estimate of drug-likeness (QED) is 0.502. The highest BCUT2D eigenvalue weighted by Crippen LogP contribution is 2.39. The third-order valence-electron chi connectivity index (χ3n) is 3.88. The van der Waals surface area contributed by atoms with Crippen molar-refractivity contribution >= 4 is 37.2 Å². The summed E-state index contributed by atoms with van der Waals surface area (Å²) in [6, 6.07) is 23.3. The van der Waals surface area contributed by atoms with Crippen molar-refractivity contribution < 1.29 is 0 Å². The summed E-state index contributed by atoms with van der Waals surface area (Å²) in [7, 11) is 0. The molecule has 0 spiro atoms. The van der Waals surface area contributed by atoms with Crippen molar-refractivity contribution in [3.8, 4) is 0 Å². The van der Waals surface area contributed by atoms with E-state index in [2.05, 4.69) is 54.6 Å². The Morgan fingerprint density at radius 2 is 1.43 bits per heavy atom. The number of hydrogen-bond donors (Lipinski definition) is 1. The Morgan fingerprint density at radius 1 is 0.714 bits per heavy atom. The summed E-state index contributed by atoms with van der Waals surface area (Å²) in [5, 5.41) is 2.53. The molecule has 0 radical (unpaired) electrons. The molecule has 0 amide bonds. The van der Waals surface area contributed by atoms with Crippen LogP contribution in [0.1, 0.15) is 11.1 Å². The van der Waals surface area contributed by atoms with Gasteiger partial charge in [-0.25, -0.2) is 0 Å². The highest BCUT2D eigenvalue weighted by molar-refractivity contribution is 7.26. The van der Waals surface area contributed by atoms with E-state index in [1.807, 2.05) is 23.5 Å². The maximum atomic E-state index is 6.24. The summed E-state index contributed by atoms with van der Waals surface area (Å²) in [6.07, 6.45) is 0.943. The van der Waals surface area contributed by atoms with Crippen LogP contribution in [-0.2, 0) is 6.42 Å². The van der Waals surface area contributed by atoms with Crippen LogP contribution in [0.2, 0.25) is 0 Å². The lowest BCUT2D eigenvalue weighted by atomic mass is 9.99. The third kappa shape index (κ3) is 2.08. The minimum atomic E-state index is 0.874. The van der Waals surface area contributed by atoms with Crippen LogP contribution in [0.3, 0.4) is 0 Å². The first-order chi connectivity index (χ1) is 10.3. The van der Waals surface area contributed by atoms with Crippen molar-refractivity contribution in [2.45, 2.75) is 6.42 Å². The van der Waals surface area contributed by atoms with E-state index in [1.165, 1.54) is 31.3 Å². The summed E-state index contributed by atoms with van der Waals surface area (Å²) >= 11 is 1.82. The average molecular weight is 289 g/mol. The first-order valence-electron chi connectivity index (χ1n) is 7.05. The van der Waals surface area contributed by atoms with Gasteiger partial charge < -0.3 is 5.73 Å². The van der Waals surface area contributed by atoms with Crippen LogP contribution in [0.15, 0.2) is 66.7 Å². The van der Waals surface area contributed by atoms with E-state index in [9.17, 15) is 0 Å². The molecule has 0 saturated heterocycles. The standard InChI is InChI=1S/C19H15NS/c20-15-9-5-11-17-19(15)18-14(8-4-10-16(18)21-17)12-13-6-2-1-3-7-13/h1-11H,12,20H2.